The van der Waals surface area contributed by atoms with Gasteiger partial charge in [0.1, 0.15) is 18.9 Å². The third-order valence-electron chi connectivity index (χ3n) is 3.65. The van der Waals surface area contributed by atoms with Gasteiger partial charge in [0.2, 0.25) is 0 Å². The second kappa shape index (κ2) is 7.48. The topological polar surface area (TPSA) is 89.7 Å². The van der Waals surface area contributed by atoms with Gasteiger partial charge in [0.05, 0.1) is 11.1 Å². The van der Waals surface area contributed by atoms with Crippen LogP contribution in [0.1, 0.15) is 29.0 Å². The van der Waals surface area contributed by atoms with E-state index in [9.17, 15) is 9.59 Å². The average molecular weight is 365 g/mol. The maximum absolute atomic E-state index is 12.0. The Kier molecular flexibility index (Phi) is 5.14. The van der Waals surface area contributed by atoms with E-state index in [2.05, 4.69) is 10.3 Å². The fraction of sp³-hybridized carbons (Fsp3) is 0.294. The number of carbonyl (C=O) groups excluding carboxylic acids is 2. The highest BCUT2D eigenvalue weighted by molar-refractivity contribution is 6.30. The van der Waals surface area contributed by atoms with Crippen LogP contribution in [0.4, 0.5) is 0 Å². The summed E-state index contributed by atoms with van der Waals surface area (Å²) in [7, 11) is 0. The number of H-pyrrole nitrogens is 1. The molecule has 0 spiro atoms. The van der Waals surface area contributed by atoms with Crippen molar-refractivity contribution in [3.8, 4) is 11.5 Å². The van der Waals surface area contributed by atoms with Crippen LogP contribution in [-0.2, 0) is 9.53 Å². The molecule has 2 N–H and O–H groups in total. The standard InChI is InChI=1S/C17H17ClN2O5/c1-10(11-2-3-14-15(6-11)24-5-4-23-14)20-16(21)9-25-17(22)13-7-12(18)8-19-13/h2-3,6-8,10,19H,4-5,9H2,1H3,(H,20,21). The molecule has 2 aromatic rings. The van der Waals surface area contributed by atoms with Crippen LogP contribution in [0.5, 0.6) is 11.5 Å². The molecule has 0 saturated carbocycles. The van der Waals surface area contributed by atoms with Crippen LogP contribution in [0.15, 0.2) is 30.5 Å². The van der Waals surface area contributed by atoms with E-state index in [1.165, 1.54) is 12.3 Å². The van der Waals surface area contributed by atoms with E-state index in [1.54, 1.807) is 0 Å². The van der Waals surface area contributed by atoms with Crippen molar-refractivity contribution in [2.45, 2.75) is 13.0 Å². The molecule has 0 bridgehead atoms. The molecule has 1 aromatic heterocycles. The summed E-state index contributed by atoms with van der Waals surface area (Å²) in [4.78, 5) is 26.4. The van der Waals surface area contributed by atoms with Crippen molar-refractivity contribution in [1.82, 2.24) is 10.3 Å². The highest BCUT2D eigenvalue weighted by Gasteiger charge is 2.17. The third kappa shape index (κ3) is 4.24. The summed E-state index contributed by atoms with van der Waals surface area (Å²) in [6.45, 7) is 2.46. The molecule has 25 heavy (non-hydrogen) atoms. The minimum absolute atomic E-state index is 0.192. The van der Waals surface area contributed by atoms with Crippen molar-refractivity contribution in [2.75, 3.05) is 19.8 Å². The first kappa shape index (κ1) is 17.2. The molecule has 3 rings (SSSR count). The van der Waals surface area contributed by atoms with Gasteiger partial charge in [-0.2, -0.15) is 0 Å². The Morgan fingerprint density at radius 2 is 2.04 bits per heavy atom. The number of carbonyl (C=O) groups is 2. The molecule has 1 aliphatic rings. The largest absolute Gasteiger partial charge is 0.486 e. The number of aromatic nitrogens is 1. The molecule has 132 valence electrons. The van der Waals surface area contributed by atoms with Gasteiger partial charge in [0.25, 0.3) is 5.91 Å². The van der Waals surface area contributed by atoms with Crippen LogP contribution in [0.3, 0.4) is 0 Å². The summed E-state index contributed by atoms with van der Waals surface area (Å²) in [5, 5.41) is 3.16. The number of halogens is 1. The molecule has 7 nitrogen and oxygen atoms in total. The quantitative estimate of drug-likeness (QED) is 0.795. The van der Waals surface area contributed by atoms with Gasteiger partial charge >= 0.3 is 5.97 Å². The summed E-state index contributed by atoms with van der Waals surface area (Å²) in [6.07, 6.45) is 1.46. The van der Waals surface area contributed by atoms with Gasteiger partial charge in [-0.3, -0.25) is 4.79 Å². The summed E-state index contributed by atoms with van der Waals surface area (Å²) < 4.78 is 15.9. The fourth-order valence-corrected chi connectivity index (χ4v) is 2.55. The van der Waals surface area contributed by atoms with Crippen molar-refractivity contribution in [3.63, 3.8) is 0 Å². The van der Waals surface area contributed by atoms with Crippen LogP contribution >= 0.6 is 11.6 Å². The molecular weight excluding hydrogens is 348 g/mol. The number of hydrogen-bond acceptors (Lipinski definition) is 5. The monoisotopic (exact) mass is 364 g/mol. The highest BCUT2D eigenvalue weighted by Crippen LogP contribution is 2.32. The molecule has 8 heteroatoms. The number of fused-ring (bicyclic) bond motifs is 1. The molecule has 1 atom stereocenters. The summed E-state index contributed by atoms with van der Waals surface area (Å²) in [5.41, 5.74) is 1.05. The molecule has 0 saturated heterocycles. The lowest BCUT2D eigenvalue weighted by Crippen LogP contribution is -2.31. The fourth-order valence-electron chi connectivity index (χ4n) is 2.39. The SMILES string of the molecule is CC(NC(=O)COC(=O)c1cc(Cl)c[nH]1)c1ccc2c(c1)OCCO2. The van der Waals surface area contributed by atoms with Crippen LogP contribution in [-0.4, -0.2) is 36.7 Å². The zero-order valence-electron chi connectivity index (χ0n) is 13.5. The predicted octanol–water partition coefficient (Wildman–Crippen LogP) is 2.47. The van der Waals surface area contributed by atoms with Gasteiger partial charge in [-0.1, -0.05) is 17.7 Å². The number of ether oxygens (including phenoxy) is 3. The first-order chi connectivity index (χ1) is 12.0. The van der Waals surface area contributed by atoms with Crippen LogP contribution in [0.2, 0.25) is 5.02 Å². The van der Waals surface area contributed by atoms with E-state index < -0.39 is 11.9 Å². The van der Waals surface area contributed by atoms with Gasteiger partial charge < -0.3 is 24.5 Å². The van der Waals surface area contributed by atoms with E-state index in [4.69, 9.17) is 25.8 Å². The highest BCUT2D eigenvalue weighted by atomic mass is 35.5. The van der Waals surface area contributed by atoms with E-state index in [0.717, 1.165) is 5.56 Å². The first-order valence-electron chi connectivity index (χ1n) is 7.73. The van der Waals surface area contributed by atoms with Gasteiger partial charge in [-0.05, 0) is 30.7 Å². The first-order valence-corrected chi connectivity index (χ1v) is 8.10. The number of hydrogen-bond donors (Lipinski definition) is 2. The van der Waals surface area contributed by atoms with Crippen molar-refractivity contribution in [3.05, 3.63) is 46.7 Å². The van der Waals surface area contributed by atoms with E-state index in [1.807, 2.05) is 25.1 Å². The van der Waals surface area contributed by atoms with Gasteiger partial charge in [-0.25, -0.2) is 4.79 Å². The Bertz CT molecular complexity index is 789. The van der Waals surface area contributed by atoms with Crippen molar-refractivity contribution < 1.29 is 23.8 Å². The zero-order valence-corrected chi connectivity index (χ0v) is 14.3. The zero-order chi connectivity index (χ0) is 17.8. The Morgan fingerprint density at radius 1 is 1.28 bits per heavy atom. The molecule has 0 aliphatic carbocycles. The van der Waals surface area contributed by atoms with Crippen molar-refractivity contribution in [1.29, 1.82) is 0 Å². The van der Waals surface area contributed by atoms with E-state index >= 15 is 0 Å². The van der Waals surface area contributed by atoms with E-state index in [-0.39, 0.29) is 18.3 Å². The summed E-state index contributed by atoms with van der Waals surface area (Å²) in [6, 6.07) is 6.64. The number of rotatable bonds is 5. The Morgan fingerprint density at radius 3 is 2.76 bits per heavy atom. The molecule has 1 unspecified atom stereocenters. The lowest BCUT2D eigenvalue weighted by atomic mass is 10.1. The number of benzene rings is 1. The second-order valence-electron chi connectivity index (χ2n) is 5.50. The van der Waals surface area contributed by atoms with E-state index in [0.29, 0.717) is 29.7 Å². The maximum Gasteiger partial charge on any atom is 0.355 e. The Hall–Kier alpha value is -2.67. The Labute approximate surface area is 149 Å². The molecule has 1 aromatic carbocycles. The lowest BCUT2D eigenvalue weighted by Gasteiger charge is -2.21. The normalized spacial score (nSPS) is 13.8. The number of aromatic amines is 1. The van der Waals surface area contributed by atoms with Crippen molar-refractivity contribution in [2.24, 2.45) is 0 Å². The smallest absolute Gasteiger partial charge is 0.355 e. The molecule has 1 amide bonds. The molecule has 0 fully saturated rings. The third-order valence-corrected chi connectivity index (χ3v) is 3.86. The Balaban J connectivity index is 1.53. The average Bonchev–Trinajstić information content (AvgIpc) is 3.05. The lowest BCUT2D eigenvalue weighted by molar-refractivity contribution is -0.124. The number of esters is 1. The van der Waals surface area contributed by atoms with Crippen LogP contribution < -0.4 is 14.8 Å². The van der Waals surface area contributed by atoms with Crippen molar-refractivity contribution >= 4 is 23.5 Å². The predicted molar refractivity (Wildman–Crippen MR) is 90.1 cm³/mol. The minimum Gasteiger partial charge on any atom is -0.486 e. The van der Waals surface area contributed by atoms with Crippen LogP contribution in [0, 0.1) is 0 Å². The van der Waals surface area contributed by atoms with Gasteiger partial charge in [0.15, 0.2) is 18.1 Å². The summed E-state index contributed by atoms with van der Waals surface area (Å²) in [5.74, 6) is 0.286. The maximum atomic E-state index is 12.0. The molecular formula is C17H17ClN2O5. The number of nitrogens with one attached hydrogen (secondary N) is 2. The van der Waals surface area contributed by atoms with Crippen LogP contribution in [0.25, 0.3) is 0 Å². The minimum atomic E-state index is -0.644. The van der Waals surface area contributed by atoms with Gasteiger partial charge in [0, 0.05) is 6.20 Å². The molecule has 0 radical (unpaired) electrons. The second-order valence-corrected chi connectivity index (χ2v) is 5.94. The number of amides is 1. The molecule has 2 heterocycles. The van der Waals surface area contributed by atoms with Gasteiger partial charge in [-0.15, -0.1) is 0 Å². The molecule has 1 aliphatic heterocycles. The summed E-state index contributed by atoms with van der Waals surface area (Å²) >= 11 is 5.72.